The molecule has 0 saturated carbocycles. The molecule has 13 nitrogen and oxygen atoms in total. The van der Waals surface area contributed by atoms with Crippen LogP contribution in [-0.2, 0) is 24.0 Å². The average molecular weight is 447 g/mol. The summed E-state index contributed by atoms with van der Waals surface area (Å²) in [5, 5.41) is 27.3. The molecule has 0 unspecified atom stereocenters. The van der Waals surface area contributed by atoms with Crippen molar-refractivity contribution in [1.82, 2.24) is 24.5 Å². The summed E-state index contributed by atoms with van der Waals surface area (Å²) in [6, 6.07) is 0. The second kappa shape index (κ2) is 14.3. The minimum absolute atomic E-state index is 0.120. The van der Waals surface area contributed by atoms with Crippen LogP contribution in [0.3, 0.4) is 0 Å². The van der Waals surface area contributed by atoms with Gasteiger partial charge in [-0.2, -0.15) is 0 Å². The summed E-state index contributed by atoms with van der Waals surface area (Å²) >= 11 is 0. The molecular formula is C18H33N5O8. The third-order valence-electron chi connectivity index (χ3n) is 4.26. The standard InChI is InChI=1S/C18H33N5O8/c1-19(2)14(24)9-22(12-17(28)29)7-5-21(11-16(26)27)6-8-23(13-18(30)31)10-15(25)20(3)4/h5-13H2,1-4H3,(H,26,27)(H,28,29)(H,30,31). The van der Waals surface area contributed by atoms with Gasteiger partial charge in [-0.15, -0.1) is 0 Å². The molecule has 0 spiro atoms. The maximum Gasteiger partial charge on any atom is 0.317 e. The van der Waals surface area contributed by atoms with Crippen molar-refractivity contribution < 1.29 is 39.3 Å². The second-order valence-electron chi connectivity index (χ2n) is 7.46. The average Bonchev–Trinajstić information content (AvgIpc) is 2.61. The lowest BCUT2D eigenvalue weighted by atomic mass is 10.3. The van der Waals surface area contributed by atoms with Gasteiger partial charge in [0.1, 0.15) is 0 Å². The number of carbonyl (C=O) groups excluding carboxylic acids is 2. The fourth-order valence-electron chi connectivity index (χ4n) is 2.50. The van der Waals surface area contributed by atoms with E-state index < -0.39 is 17.9 Å². The van der Waals surface area contributed by atoms with Gasteiger partial charge in [0.15, 0.2) is 0 Å². The molecule has 0 saturated heterocycles. The zero-order valence-corrected chi connectivity index (χ0v) is 18.5. The number of carboxylic acids is 3. The first kappa shape index (κ1) is 28.2. The smallest absolute Gasteiger partial charge is 0.317 e. The van der Waals surface area contributed by atoms with Gasteiger partial charge in [0.25, 0.3) is 0 Å². The van der Waals surface area contributed by atoms with Gasteiger partial charge in [0, 0.05) is 54.4 Å². The first-order chi connectivity index (χ1) is 14.3. The molecule has 0 atom stereocenters. The fourth-order valence-corrected chi connectivity index (χ4v) is 2.50. The summed E-state index contributed by atoms with van der Waals surface area (Å²) < 4.78 is 0. The molecular weight excluding hydrogens is 414 g/mol. The van der Waals surface area contributed by atoms with Crippen LogP contribution in [0.15, 0.2) is 0 Å². The van der Waals surface area contributed by atoms with E-state index in [2.05, 4.69) is 0 Å². The zero-order valence-electron chi connectivity index (χ0n) is 18.5. The van der Waals surface area contributed by atoms with Crippen LogP contribution in [0.2, 0.25) is 0 Å². The molecule has 0 aliphatic heterocycles. The Morgan fingerprint density at radius 2 is 0.742 bits per heavy atom. The lowest BCUT2D eigenvalue weighted by Crippen LogP contribution is -2.47. The van der Waals surface area contributed by atoms with E-state index in [0.29, 0.717) is 0 Å². The van der Waals surface area contributed by atoms with Gasteiger partial charge < -0.3 is 25.1 Å². The Morgan fingerprint density at radius 3 is 1.00 bits per heavy atom. The molecule has 0 bridgehead atoms. The lowest BCUT2D eigenvalue weighted by molar-refractivity contribution is -0.141. The lowest BCUT2D eigenvalue weighted by Gasteiger charge is -2.28. The highest BCUT2D eigenvalue weighted by atomic mass is 16.4. The van der Waals surface area contributed by atoms with Gasteiger partial charge >= 0.3 is 17.9 Å². The van der Waals surface area contributed by atoms with Crippen molar-refractivity contribution >= 4 is 29.7 Å². The molecule has 0 aliphatic rings. The first-order valence-corrected chi connectivity index (χ1v) is 9.54. The van der Waals surface area contributed by atoms with Crippen LogP contribution >= 0.6 is 0 Å². The topological polar surface area (TPSA) is 162 Å². The summed E-state index contributed by atoms with van der Waals surface area (Å²) in [4.78, 5) is 64.2. The molecule has 13 heteroatoms. The van der Waals surface area contributed by atoms with E-state index in [9.17, 15) is 24.0 Å². The van der Waals surface area contributed by atoms with Gasteiger partial charge in [-0.3, -0.25) is 38.7 Å². The fraction of sp³-hybridized carbons (Fsp3) is 0.722. The molecule has 0 rings (SSSR count). The monoisotopic (exact) mass is 447 g/mol. The SMILES string of the molecule is CN(C)C(=O)CN(CCN(CCN(CC(=O)O)CC(=O)N(C)C)CC(=O)O)CC(=O)O. The van der Waals surface area contributed by atoms with E-state index in [1.165, 1.54) is 24.5 Å². The van der Waals surface area contributed by atoms with Crippen molar-refractivity contribution in [2.45, 2.75) is 0 Å². The van der Waals surface area contributed by atoms with Gasteiger partial charge in [0.2, 0.25) is 11.8 Å². The Bertz CT molecular complexity index is 594. The largest absolute Gasteiger partial charge is 0.480 e. The Kier molecular flexibility index (Phi) is 13.0. The zero-order chi connectivity index (χ0) is 24.1. The molecule has 3 N–H and O–H groups in total. The normalized spacial score (nSPS) is 11.1. The van der Waals surface area contributed by atoms with Crippen molar-refractivity contribution in [2.24, 2.45) is 0 Å². The van der Waals surface area contributed by atoms with Crippen molar-refractivity contribution in [2.75, 3.05) is 87.1 Å². The molecule has 178 valence electrons. The third kappa shape index (κ3) is 14.0. The summed E-state index contributed by atoms with van der Waals surface area (Å²) in [5.74, 6) is -3.93. The number of aliphatic carboxylic acids is 3. The summed E-state index contributed by atoms with van der Waals surface area (Å²) in [6.07, 6.45) is 0. The van der Waals surface area contributed by atoms with Crippen LogP contribution in [-0.4, -0.2) is 157 Å². The van der Waals surface area contributed by atoms with Gasteiger partial charge in [-0.25, -0.2) is 0 Å². The van der Waals surface area contributed by atoms with Crippen LogP contribution in [0.4, 0.5) is 0 Å². The highest BCUT2D eigenvalue weighted by Crippen LogP contribution is 1.98. The molecule has 0 aliphatic carbocycles. The van der Waals surface area contributed by atoms with Crippen molar-refractivity contribution in [3.8, 4) is 0 Å². The quantitative estimate of drug-likeness (QED) is 0.226. The Hall–Kier alpha value is -2.77. The number of hydrogen-bond acceptors (Lipinski definition) is 8. The number of likely N-dealkylation sites (N-methyl/N-ethyl adjacent to an activating group) is 2. The molecule has 2 amide bonds. The predicted molar refractivity (Wildman–Crippen MR) is 110 cm³/mol. The van der Waals surface area contributed by atoms with Crippen molar-refractivity contribution in [1.29, 1.82) is 0 Å². The number of carbonyl (C=O) groups is 5. The summed E-state index contributed by atoms with van der Waals surface area (Å²) in [6.45, 7) is -0.878. The minimum atomic E-state index is -1.12. The highest BCUT2D eigenvalue weighted by Gasteiger charge is 2.20. The van der Waals surface area contributed by atoms with Gasteiger partial charge in [0.05, 0.1) is 32.7 Å². The van der Waals surface area contributed by atoms with Crippen LogP contribution < -0.4 is 0 Å². The van der Waals surface area contributed by atoms with E-state index >= 15 is 0 Å². The number of amides is 2. The number of rotatable bonds is 16. The van der Waals surface area contributed by atoms with Crippen LogP contribution in [0.5, 0.6) is 0 Å². The molecule has 31 heavy (non-hydrogen) atoms. The molecule has 0 heterocycles. The first-order valence-electron chi connectivity index (χ1n) is 9.54. The Balaban J connectivity index is 5.09. The maximum absolute atomic E-state index is 11.9. The van der Waals surface area contributed by atoms with Crippen LogP contribution in [0.1, 0.15) is 0 Å². The number of hydrogen-bond donors (Lipinski definition) is 3. The Labute approximate surface area is 181 Å². The number of nitrogens with zero attached hydrogens (tertiary/aromatic N) is 5. The van der Waals surface area contributed by atoms with Crippen molar-refractivity contribution in [3.05, 3.63) is 0 Å². The van der Waals surface area contributed by atoms with E-state index in [1.807, 2.05) is 0 Å². The second-order valence-corrected chi connectivity index (χ2v) is 7.46. The minimum Gasteiger partial charge on any atom is -0.480 e. The predicted octanol–water partition coefficient (Wildman–Crippen LogP) is -2.68. The van der Waals surface area contributed by atoms with Gasteiger partial charge in [-0.1, -0.05) is 0 Å². The molecule has 0 aromatic heterocycles. The third-order valence-corrected chi connectivity index (χ3v) is 4.26. The van der Waals surface area contributed by atoms with E-state index in [0.717, 1.165) is 0 Å². The summed E-state index contributed by atoms with van der Waals surface area (Å²) in [7, 11) is 6.18. The molecule has 0 fully saturated rings. The Morgan fingerprint density at radius 1 is 0.484 bits per heavy atom. The summed E-state index contributed by atoms with van der Waals surface area (Å²) in [5.41, 5.74) is 0. The van der Waals surface area contributed by atoms with E-state index in [4.69, 9.17) is 15.3 Å². The molecule has 0 aromatic rings. The van der Waals surface area contributed by atoms with Crippen LogP contribution in [0.25, 0.3) is 0 Å². The molecule has 0 aromatic carbocycles. The van der Waals surface area contributed by atoms with Crippen molar-refractivity contribution in [3.63, 3.8) is 0 Å². The highest BCUT2D eigenvalue weighted by molar-refractivity contribution is 5.79. The number of carboxylic acid groups (broad SMARTS) is 3. The van der Waals surface area contributed by atoms with Gasteiger partial charge in [-0.05, 0) is 0 Å². The maximum atomic E-state index is 11.9. The van der Waals surface area contributed by atoms with Crippen LogP contribution in [0, 0.1) is 0 Å². The van der Waals surface area contributed by atoms with E-state index in [-0.39, 0.29) is 70.7 Å². The van der Waals surface area contributed by atoms with E-state index in [1.54, 1.807) is 28.2 Å². The molecule has 0 radical (unpaired) electrons.